The van der Waals surface area contributed by atoms with Crippen molar-refractivity contribution in [1.82, 2.24) is 10.9 Å². The predicted molar refractivity (Wildman–Crippen MR) is 86.9 cm³/mol. The first-order valence-electron chi connectivity index (χ1n) is 8.17. The number of halogens is 6. The van der Waals surface area contributed by atoms with Crippen molar-refractivity contribution in [3.8, 4) is 0 Å². The summed E-state index contributed by atoms with van der Waals surface area (Å²) in [5, 5.41) is 0. The molecule has 1 aromatic carbocycles. The minimum atomic E-state index is -5.08. The molecule has 0 bridgehead atoms. The van der Waals surface area contributed by atoms with Gasteiger partial charge < -0.3 is 4.74 Å². The second kappa shape index (κ2) is 8.38. The molecule has 1 aromatic rings. The molecule has 0 spiro atoms. The Bertz CT molecular complexity index is 698. The van der Waals surface area contributed by atoms with Gasteiger partial charge in [0.2, 0.25) is 0 Å². The average molecular weight is 414 g/mol. The average Bonchev–Trinajstić information content (AvgIpc) is 2.57. The van der Waals surface area contributed by atoms with Gasteiger partial charge in [0.15, 0.2) is 0 Å². The van der Waals surface area contributed by atoms with Crippen LogP contribution in [0.2, 0.25) is 0 Å². The lowest BCUT2D eigenvalue weighted by atomic mass is 9.89. The van der Waals surface area contributed by atoms with E-state index in [1.165, 1.54) is 6.92 Å². The van der Waals surface area contributed by atoms with Crippen molar-refractivity contribution in [3.05, 3.63) is 34.9 Å². The van der Waals surface area contributed by atoms with E-state index in [4.69, 9.17) is 4.74 Å². The Labute approximate surface area is 157 Å². The second-order valence-corrected chi connectivity index (χ2v) is 6.45. The van der Waals surface area contributed by atoms with E-state index in [1.807, 2.05) is 5.43 Å². The van der Waals surface area contributed by atoms with Gasteiger partial charge in [-0.2, -0.15) is 26.3 Å². The molecule has 0 radical (unpaired) electrons. The number of hydrogen-bond donors (Lipinski definition) is 2. The molecule has 0 aliphatic rings. The molecule has 0 heterocycles. The van der Waals surface area contributed by atoms with E-state index < -0.39 is 52.4 Å². The molecule has 1 amide bonds. The highest BCUT2D eigenvalue weighted by atomic mass is 19.4. The minimum Gasteiger partial charge on any atom is -0.465 e. The molecular weight excluding hydrogens is 394 g/mol. The van der Waals surface area contributed by atoms with Crippen LogP contribution in [0.1, 0.15) is 49.2 Å². The monoisotopic (exact) mass is 414 g/mol. The van der Waals surface area contributed by atoms with Crippen LogP contribution in [0.3, 0.4) is 0 Å². The molecule has 28 heavy (non-hydrogen) atoms. The van der Waals surface area contributed by atoms with Crippen LogP contribution in [0.15, 0.2) is 18.2 Å². The SMILES string of the molecule is CCOC(=O)C(C)(NNC(=O)c1cc(C(F)(F)F)cc(C(F)(F)F)c1)C(C)C. The van der Waals surface area contributed by atoms with Crippen molar-refractivity contribution < 1.29 is 40.7 Å². The molecular formula is C17H20F6N2O3. The number of ether oxygens (including phenoxy) is 1. The molecule has 5 nitrogen and oxygen atoms in total. The first-order chi connectivity index (χ1) is 12.6. The quantitative estimate of drug-likeness (QED) is 0.421. The minimum absolute atomic E-state index is 0.0410. The highest BCUT2D eigenvalue weighted by Crippen LogP contribution is 2.36. The van der Waals surface area contributed by atoms with Gasteiger partial charge in [0.25, 0.3) is 5.91 Å². The molecule has 158 valence electrons. The van der Waals surface area contributed by atoms with Gasteiger partial charge in [0, 0.05) is 5.56 Å². The Morgan fingerprint density at radius 1 is 1.00 bits per heavy atom. The van der Waals surface area contributed by atoms with Crippen LogP contribution in [-0.2, 0) is 21.9 Å². The normalized spacial score (nSPS) is 14.5. The van der Waals surface area contributed by atoms with Crippen LogP contribution in [0, 0.1) is 5.92 Å². The maximum absolute atomic E-state index is 12.9. The third-order valence-electron chi connectivity index (χ3n) is 4.14. The number of hydrogen-bond acceptors (Lipinski definition) is 4. The number of nitrogens with one attached hydrogen (secondary N) is 2. The van der Waals surface area contributed by atoms with E-state index in [1.54, 1.807) is 20.8 Å². The number of rotatable bonds is 6. The summed E-state index contributed by atoms with van der Waals surface area (Å²) in [5.74, 6) is -2.45. The molecule has 1 atom stereocenters. The summed E-state index contributed by atoms with van der Waals surface area (Å²) in [7, 11) is 0. The topological polar surface area (TPSA) is 67.4 Å². The molecule has 0 saturated heterocycles. The van der Waals surface area contributed by atoms with Crippen LogP contribution in [0.4, 0.5) is 26.3 Å². The van der Waals surface area contributed by atoms with Crippen LogP contribution >= 0.6 is 0 Å². The Kier molecular flexibility index (Phi) is 7.10. The maximum atomic E-state index is 12.9. The number of carbonyl (C=O) groups is 2. The zero-order chi connectivity index (χ0) is 21.9. The number of amides is 1. The summed E-state index contributed by atoms with van der Waals surface area (Å²) in [6, 6.07) is 0.508. The van der Waals surface area contributed by atoms with Crippen molar-refractivity contribution in [2.45, 2.75) is 45.6 Å². The molecule has 0 aromatic heterocycles. The molecule has 2 N–H and O–H groups in total. The van der Waals surface area contributed by atoms with Crippen molar-refractivity contribution in [2.75, 3.05) is 6.61 Å². The Hall–Kier alpha value is -2.30. The van der Waals surface area contributed by atoms with Crippen molar-refractivity contribution in [1.29, 1.82) is 0 Å². The standard InChI is InChI=1S/C17H20F6N2O3/c1-5-28-14(27)15(4,9(2)3)25-24-13(26)10-6-11(16(18,19)20)8-12(7-10)17(21,22)23/h6-9,25H,5H2,1-4H3,(H,24,26). The highest BCUT2D eigenvalue weighted by molar-refractivity contribution is 5.94. The molecule has 0 fully saturated rings. The molecule has 0 saturated carbocycles. The molecule has 0 aliphatic heterocycles. The number of carbonyl (C=O) groups excluding carboxylic acids is 2. The zero-order valence-corrected chi connectivity index (χ0v) is 15.5. The van der Waals surface area contributed by atoms with Gasteiger partial charge in [-0.25, -0.2) is 10.2 Å². The number of esters is 1. The summed E-state index contributed by atoms with van der Waals surface area (Å²) in [4.78, 5) is 24.3. The lowest BCUT2D eigenvalue weighted by molar-refractivity contribution is -0.153. The van der Waals surface area contributed by atoms with Crippen LogP contribution < -0.4 is 10.9 Å². The van der Waals surface area contributed by atoms with E-state index in [0.717, 1.165) is 0 Å². The van der Waals surface area contributed by atoms with Crippen LogP contribution in [0.25, 0.3) is 0 Å². The van der Waals surface area contributed by atoms with Gasteiger partial charge in [-0.3, -0.25) is 10.2 Å². The van der Waals surface area contributed by atoms with Crippen LogP contribution in [-0.4, -0.2) is 24.0 Å². The van der Waals surface area contributed by atoms with E-state index in [9.17, 15) is 35.9 Å². The number of alkyl halides is 6. The van der Waals surface area contributed by atoms with E-state index in [2.05, 4.69) is 5.43 Å². The summed E-state index contributed by atoms with van der Waals surface area (Å²) in [6.45, 7) is 6.20. The Morgan fingerprint density at radius 3 is 1.82 bits per heavy atom. The highest BCUT2D eigenvalue weighted by Gasteiger charge is 2.40. The second-order valence-electron chi connectivity index (χ2n) is 6.45. The molecule has 1 rings (SSSR count). The fourth-order valence-electron chi connectivity index (χ4n) is 2.06. The maximum Gasteiger partial charge on any atom is 0.416 e. The van der Waals surface area contributed by atoms with E-state index in [0.29, 0.717) is 12.1 Å². The summed E-state index contributed by atoms with van der Waals surface area (Å²) in [5.41, 5.74) is -1.22. The van der Waals surface area contributed by atoms with Gasteiger partial charge in [0.1, 0.15) is 5.54 Å². The lowest BCUT2D eigenvalue weighted by Crippen LogP contribution is -2.60. The van der Waals surface area contributed by atoms with Crippen molar-refractivity contribution >= 4 is 11.9 Å². The summed E-state index contributed by atoms with van der Waals surface area (Å²) < 4.78 is 82.3. The zero-order valence-electron chi connectivity index (χ0n) is 15.5. The Morgan fingerprint density at radius 2 is 1.46 bits per heavy atom. The largest absolute Gasteiger partial charge is 0.465 e. The van der Waals surface area contributed by atoms with E-state index in [-0.39, 0.29) is 12.7 Å². The fourth-order valence-corrected chi connectivity index (χ4v) is 2.06. The van der Waals surface area contributed by atoms with Crippen LogP contribution in [0.5, 0.6) is 0 Å². The van der Waals surface area contributed by atoms with Gasteiger partial charge in [-0.1, -0.05) is 13.8 Å². The van der Waals surface area contributed by atoms with Gasteiger partial charge in [-0.15, -0.1) is 0 Å². The van der Waals surface area contributed by atoms with Gasteiger partial charge in [0.05, 0.1) is 17.7 Å². The molecule has 1 unspecified atom stereocenters. The first kappa shape index (κ1) is 23.7. The van der Waals surface area contributed by atoms with Gasteiger partial charge in [-0.05, 0) is 38.0 Å². The summed E-state index contributed by atoms with van der Waals surface area (Å²) >= 11 is 0. The van der Waals surface area contributed by atoms with Gasteiger partial charge >= 0.3 is 18.3 Å². The molecule has 0 aliphatic carbocycles. The smallest absolute Gasteiger partial charge is 0.416 e. The Balaban J connectivity index is 3.19. The predicted octanol–water partition coefficient (Wildman–Crippen LogP) is 3.94. The fraction of sp³-hybridized carbons (Fsp3) is 0.529. The summed E-state index contributed by atoms with van der Waals surface area (Å²) in [6.07, 6.45) is -10.2. The number of hydrazine groups is 1. The number of benzene rings is 1. The lowest BCUT2D eigenvalue weighted by Gasteiger charge is -2.32. The third-order valence-corrected chi connectivity index (χ3v) is 4.14. The first-order valence-corrected chi connectivity index (χ1v) is 8.17. The van der Waals surface area contributed by atoms with E-state index >= 15 is 0 Å². The van der Waals surface area contributed by atoms with Crippen molar-refractivity contribution in [2.24, 2.45) is 5.92 Å². The van der Waals surface area contributed by atoms with Crippen molar-refractivity contribution in [3.63, 3.8) is 0 Å². The third kappa shape index (κ3) is 5.60. The molecule has 11 heteroatoms.